The fraction of sp³-hybridized carbons (Fsp3) is 0.500. The van der Waals surface area contributed by atoms with Gasteiger partial charge in [-0.15, -0.1) is 17.0 Å². The maximum Gasteiger partial charge on any atom is 0.246 e. The molecule has 0 aliphatic carbocycles. The number of benzene rings is 1. The van der Waals surface area contributed by atoms with Gasteiger partial charge in [0.25, 0.3) is 0 Å². The van der Waals surface area contributed by atoms with Crippen LogP contribution in [0.25, 0.3) is 0 Å². The average molecular weight is 351 g/mol. The molecule has 1 aromatic rings. The Morgan fingerprint density at radius 3 is 2.21 bits per heavy atom. The van der Waals surface area contributed by atoms with E-state index < -0.39 is 10.0 Å². The number of fused-ring (bicyclic) bond motifs is 1. The fourth-order valence-electron chi connectivity index (χ4n) is 2.09. The van der Waals surface area contributed by atoms with Gasteiger partial charge in [-0.25, -0.2) is 12.7 Å². The van der Waals surface area contributed by atoms with E-state index in [1.54, 1.807) is 12.1 Å². The molecule has 2 rings (SSSR count). The second-order valence-electron chi connectivity index (χ2n) is 4.63. The highest BCUT2D eigenvalue weighted by atomic mass is 79.9. The SMILES string of the molecule is Br.CN(C)S(=O)(=O)c1cc2c(cc1O)CCNCC2. The van der Waals surface area contributed by atoms with Crippen LogP contribution in [0, 0.1) is 0 Å². The molecule has 0 unspecified atom stereocenters. The Balaban J connectivity index is 0.00000180. The number of halogens is 1. The zero-order valence-electron chi connectivity index (χ0n) is 11.0. The Hall–Kier alpha value is -0.630. The molecule has 0 amide bonds. The molecule has 0 aromatic heterocycles. The molecule has 0 spiro atoms. The predicted molar refractivity (Wildman–Crippen MR) is 79.6 cm³/mol. The quantitative estimate of drug-likeness (QED) is 0.831. The van der Waals surface area contributed by atoms with Gasteiger partial charge < -0.3 is 10.4 Å². The normalized spacial score (nSPS) is 15.5. The second kappa shape index (κ2) is 6.21. The van der Waals surface area contributed by atoms with Gasteiger partial charge in [-0.1, -0.05) is 0 Å². The van der Waals surface area contributed by atoms with E-state index in [4.69, 9.17) is 0 Å². The Morgan fingerprint density at radius 2 is 1.68 bits per heavy atom. The van der Waals surface area contributed by atoms with Crippen molar-refractivity contribution in [3.8, 4) is 5.75 Å². The van der Waals surface area contributed by atoms with Crippen LogP contribution in [0.2, 0.25) is 0 Å². The zero-order chi connectivity index (χ0) is 13.3. The summed E-state index contributed by atoms with van der Waals surface area (Å²) in [6, 6.07) is 3.19. The van der Waals surface area contributed by atoms with Gasteiger partial charge in [-0.3, -0.25) is 0 Å². The molecule has 1 aliphatic rings. The number of rotatable bonds is 2. The highest BCUT2D eigenvalue weighted by molar-refractivity contribution is 8.93. The summed E-state index contributed by atoms with van der Waals surface area (Å²) in [7, 11) is -0.669. The number of nitrogens with one attached hydrogen (secondary N) is 1. The fourth-order valence-corrected chi connectivity index (χ4v) is 3.10. The Labute approximate surface area is 124 Å². The number of phenolic OH excluding ortho intramolecular Hbond substituents is 1. The zero-order valence-corrected chi connectivity index (χ0v) is 13.5. The van der Waals surface area contributed by atoms with Gasteiger partial charge in [0.15, 0.2) is 0 Å². The molecule has 1 aromatic carbocycles. The third kappa shape index (κ3) is 3.28. The van der Waals surface area contributed by atoms with Gasteiger partial charge in [0.2, 0.25) is 10.0 Å². The molecule has 1 aliphatic heterocycles. The first kappa shape index (κ1) is 16.4. The first-order valence-corrected chi connectivity index (χ1v) is 7.35. The number of phenols is 1. The molecule has 0 saturated heterocycles. The Morgan fingerprint density at radius 1 is 1.16 bits per heavy atom. The van der Waals surface area contributed by atoms with Gasteiger partial charge in [0, 0.05) is 14.1 Å². The number of sulfonamides is 1. The molecule has 0 fully saturated rings. The summed E-state index contributed by atoms with van der Waals surface area (Å²) in [5, 5.41) is 13.2. The smallest absolute Gasteiger partial charge is 0.246 e. The van der Waals surface area contributed by atoms with E-state index in [1.807, 2.05) is 0 Å². The molecule has 0 radical (unpaired) electrons. The molecule has 1 heterocycles. The molecule has 0 bridgehead atoms. The summed E-state index contributed by atoms with van der Waals surface area (Å²) in [6.07, 6.45) is 1.59. The third-order valence-electron chi connectivity index (χ3n) is 3.18. The van der Waals surface area contributed by atoms with E-state index in [1.165, 1.54) is 14.1 Å². The predicted octanol–water partition coefficient (Wildman–Crippen LogP) is 0.909. The lowest BCUT2D eigenvalue weighted by atomic mass is 10.0. The lowest BCUT2D eigenvalue weighted by Crippen LogP contribution is -2.22. The van der Waals surface area contributed by atoms with E-state index in [2.05, 4.69) is 5.32 Å². The average Bonchev–Trinajstić information content (AvgIpc) is 2.52. The van der Waals surface area contributed by atoms with E-state index in [0.29, 0.717) is 0 Å². The highest BCUT2D eigenvalue weighted by Gasteiger charge is 2.23. The standard InChI is InChI=1S/C12H18N2O3S.BrH/c1-14(2)18(16,17)12-8-10-4-6-13-5-3-9(10)7-11(12)15;/h7-8,13,15H,3-6H2,1-2H3;1H. The van der Waals surface area contributed by atoms with E-state index in [-0.39, 0.29) is 27.6 Å². The minimum Gasteiger partial charge on any atom is -0.507 e. The first-order chi connectivity index (χ1) is 8.43. The highest BCUT2D eigenvalue weighted by Crippen LogP contribution is 2.29. The topological polar surface area (TPSA) is 69.6 Å². The van der Waals surface area contributed by atoms with Crippen LogP contribution < -0.4 is 5.32 Å². The molecule has 7 heteroatoms. The Bertz CT molecular complexity index is 558. The van der Waals surface area contributed by atoms with Crippen LogP contribution in [-0.2, 0) is 22.9 Å². The monoisotopic (exact) mass is 350 g/mol. The number of aromatic hydroxyl groups is 1. The van der Waals surface area contributed by atoms with E-state index in [9.17, 15) is 13.5 Å². The van der Waals surface area contributed by atoms with Gasteiger partial charge in [-0.05, 0) is 49.2 Å². The maximum atomic E-state index is 12.1. The minimum absolute atomic E-state index is 0. The van der Waals surface area contributed by atoms with Crippen molar-refractivity contribution in [1.29, 1.82) is 0 Å². The van der Waals surface area contributed by atoms with Crippen LogP contribution >= 0.6 is 17.0 Å². The number of hydrogen-bond acceptors (Lipinski definition) is 4. The molecular weight excluding hydrogens is 332 g/mol. The molecule has 19 heavy (non-hydrogen) atoms. The van der Waals surface area contributed by atoms with Crippen LogP contribution in [0.3, 0.4) is 0 Å². The largest absolute Gasteiger partial charge is 0.507 e. The van der Waals surface area contributed by atoms with Gasteiger partial charge >= 0.3 is 0 Å². The summed E-state index contributed by atoms with van der Waals surface area (Å²) >= 11 is 0. The first-order valence-electron chi connectivity index (χ1n) is 5.91. The molecule has 0 saturated carbocycles. The van der Waals surface area contributed by atoms with Gasteiger partial charge in [0.05, 0.1) is 0 Å². The van der Waals surface area contributed by atoms with Crippen molar-refractivity contribution in [3.63, 3.8) is 0 Å². The molecule has 108 valence electrons. The second-order valence-corrected chi connectivity index (χ2v) is 6.75. The van der Waals surface area contributed by atoms with E-state index >= 15 is 0 Å². The van der Waals surface area contributed by atoms with Crippen LogP contribution in [0.5, 0.6) is 5.75 Å². The summed E-state index contributed by atoms with van der Waals surface area (Å²) in [4.78, 5) is -0.00634. The lowest BCUT2D eigenvalue weighted by molar-refractivity contribution is 0.451. The molecular formula is C12H19BrN2O3S. The van der Waals surface area contributed by atoms with Crippen molar-refractivity contribution >= 4 is 27.0 Å². The Kier molecular flexibility index (Phi) is 5.37. The van der Waals surface area contributed by atoms with Crippen LogP contribution in [0.1, 0.15) is 11.1 Å². The van der Waals surface area contributed by atoms with Crippen molar-refractivity contribution in [3.05, 3.63) is 23.3 Å². The van der Waals surface area contributed by atoms with Crippen LogP contribution in [0.15, 0.2) is 17.0 Å². The van der Waals surface area contributed by atoms with Crippen molar-refractivity contribution in [1.82, 2.24) is 9.62 Å². The van der Waals surface area contributed by atoms with Gasteiger partial charge in [0.1, 0.15) is 10.6 Å². The van der Waals surface area contributed by atoms with Crippen molar-refractivity contribution in [2.45, 2.75) is 17.7 Å². The van der Waals surface area contributed by atoms with Gasteiger partial charge in [-0.2, -0.15) is 0 Å². The summed E-state index contributed by atoms with van der Waals surface area (Å²) in [5.41, 5.74) is 2.02. The summed E-state index contributed by atoms with van der Waals surface area (Å²) in [5.74, 6) is -0.163. The molecule has 5 nitrogen and oxygen atoms in total. The van der Waals surface area contributed by atoms with E-state index in [0.717, 1.165) is 41.4 Å². The van der Waals surface area contributed by atoms with Crippen molar-refractivity contribution < 1.29 is 13.5 Å². The minimum atomic E-state index is -3.59. The van der Waals surface area contributed by atoms with Crippen molar-refractivity contribution in [2.75, 3.05) is 27.2 Å². The molecule has 2 N–H and O–H groups in total. The number of hydrogen-bond donors (Lipinski definition) is 2. The summed E-state index contributed by atoms with van der Waals surface area (Å²) < 4.78 is 25.3. The molecule has 0 atom stereocenters. The van der Waals surface area contributed by atoms with Crippen LogP contribution in [0.4, 0.5) is 0 Å². The van der Waals surface area contributed by atoms with Crippen molar-refractivity contribution in [2.24, 2.45) is 0 Å². The maximum absolute atomic E-state index is 12.1. The van der Waals surface area contributed by atoms with Crippen LogP contribution in [-0.4, -0.2) is 45.0 Å². The number of nitrogens with zero attached hydrogens (tertiary/aromatic N) is 1. The summed E-state index contributed by atoms with van der Waals surface area (Å²) in [6.45, 7) is 1.69. The lowest BCUT2D eigenvalue weighted by Gasteiger charge is -2.15. The third-order valence-corrected chi connectivity index (χ3v) is 5.03.